The van der Waals surface area contributed by atoms with Crippen LogP contribution in [0, 0.1) is 0 Å². The van der Waals surface area contributed by atoms with Gasteiger partial charge in [0.2, 0.25) is 11.9 Å². The number of benzene rings is 1. The van der Waals surface area contributed by atoms with Gasteiger partial charge in [-0.2, -0.15) is 4.98 Å². The van der Waals surface area contributed by atoms with Gasteiger partial charge >= 0.3 is 0 Å². The van der Waals surface area contributed by atoms with Gasteiger partial charge in [-0.1, -0.05) is 23.7 Å². The van der Waals surface area contributed by atoms with E-state index in [0.29, 0.717) is 40.3 Å². The molecule has 2 heterocycles. The molecule has 0 bridgehead atoms. The van der Waals surface area contributed by atoms with Crippen molar-refractivity contribution in [1.82, 2.24) is 19.5 Å². The third-order valence-corrected chi connectivity index (χ3v) is 4.67. The fourth-order valence-corrected chi connectivity index (χ4v) is 2.63. The van der Waals surface area contributed by atoms with Gasteiger partial charge in [-0.25, -0.2) is 9.97 Å². The van der Waals surface area contributed by atoms with Crippen LogP contribution in [-0.2, 0) is 6.54 Å². The third kappa shape index (κ3) is 4.29. The van der Waals surface area contributed by atoms with E-state index in [1.165, 1.54) is 0 Å². The lowest BCUT2D eigenvalue weighted by Crippen LogP contribution is -2.39. The van der Waals surface area contributed by atoms with E-state index in [4.69, 9.17) is 11.6 Å². The van der Waals surface area contributed by atoms with Crippen molar-refractivity contribution in [3.05, 3.63) is 35.5 Å². The number of hydrogen-bond donors (Lipinski definition) is 4. The molecule has 0 saturated carbocycles. The SMILES string of the molecule is C[C@H](Nc1ncc2nc(Nc3ccccc3Cl)n(CCO)c2n1)C(C)(C)O. The summed E-state index contributed by atoms with van der Waals surface area (Å²) in [5, 5.41) is 26.4. The molecule has 0 aliphatic heterocycles. The third-order valence-electron chi connectivity index (χ3n) is 4.34. The highest BCUT2D eigenvalue weighted by Crippen LogP contribution is 2.27. The van der Waals surface area contributed by atoms with Crippen molar-refractivity contribution in [1.29, 1.82) is 0 Å². The predicted molar refractivity (Wildman–Crippen MR) is 107 cm³/mol. The number of aliphatic hydroxyl groups is 2. The minimum absolute atomic E-state index is 0.0739. The first-order chi connectivity index (χ1) is 12.8. The van der Waals surface area contributed by atoms with Crippen LogP contribution in [0.2, 0.25) is 5.02 Å². The van der Waals surface area contributed by atoms with Crippen LogP contribution in [0.1, 0.15) is 20.8 Å². The maximum absolute atomic E-state index is 10.1. The van der Waals surface area contributed by atoms with Gasteiger partial charge in [-0.3, -0.25) is 4.57 Å². The summed E-state index contributed by atoms with van der Waals surface area (Å²) >= 11 is 6.22. The van der Waals surface area contributed by atoms with Crippen molar-refractivity contribution in [2.24, 2.45) is 0 Å². The van der Waals surface area contributed by atoms with E-state index >= 15 is 0 Å². The fourth-order valence-electron chi connectivity index (χ4n) is 2.45. The number of imidazole rings is 1. The van der Waals surface area contributed by atoms with Crippen molar-refractivity contribution in [2.75, 3.05) is 17.2 Å². The maximum Gasteiger partial charge on any atom is 0.225 e. The van der Waals surface area contributed by atoms with E-state index in [0.717, 1.165) is 0 Å². The Labute approximate surface area is 162 Å². The zero-order valence-electron chi connectivity index (χ0n) is 15.4. The molecule has 27 heavy (non-hydrogen) atoms. The molecule has 9 heteroatoms. The average Bonchev–Trinajstić information content (AvgIpc) is 2.93. The van der Waals surface area contributed by atoms with Crippen molar-refractivity contribution in [3.8, 4) is 0 Å². The second kappa shape index (κ2) is 7.67. The lowest BCUT2D eigenvalue weighted by Gasteiger charge is -2.26. The number of nitrogens with one attached hydrogen (secondary N) is 2. The Morgan fingerprint density at radius 2 is 2.00 bits per heavy atom. The Bertz CT molecular complexity index is 937. The summed E-state index contributed by atoms with van der Waals surface area (Å²) in [5.74, 6) is 0.884. The molecule has 144 valence electrons. The summed E-state index contributed by atoms with van der Waals surface area (Å²) in [5.41, 5.74) is 0.926. The largest absolute Gasteiger partial charge is 0.395 e. The minimum atomic E-state index is -0.930. The van der Waals surface area contributed by atoms with Crippen LogP contribution in [0.25, 0.3) is 11.2 Å². The van der Waals surface area contributed by atoms with Gasteiger partial charge in [0.05, 0.1) is 41.7 Å². The summed E-state index contributed by atoms with van der Waals surface area (Å²) in [4.78, 5) is 13.3. The number of fused-ring (bicyclic) bond motifs is 1. The predicted octanol–water partition coefficient (Wildman–Crippen LogP) is 2.79. The Morgan fingerprint density at radius 1 is 1.26 bits per heavy atom. The molecule has 0 aliphatic rings. The van der Waals surface area contributed by atoms with Crippen LogP contribution < -0.4 is 10.6 Å². The molecule has 3 aromatic rings. The molecule has 0 fully saturated rings. The lowest BCUT2D eigenvalue weighted by molar-refractivity contribution is 0.0646. The van der Waals surface area contributed by atoms with Gasteiger partial charge in [0.15, 0.2) is 5.65 Å². The summed E-state index contributed by atoms with van der Waals surface area (Å²) in [6.45, 7) is 5.51. The van der Waals surface area contributed by atoms with E-state index in [2.05, 4.69) is 25.6 Å². The summed E-state index contributed by atoms with van der Waals surface area (Å²) in [6.07, 6.45) is 1.60. The highest BCUT2D eigenvalue weighted by atomic mass is 35.5. The molecule has 4 N–H and O–H groups in total. The Kier molecular flexibility index (Phi) is 5.50. The van der Waals surface area contributed by atoms with Crippen molar-refractivity contribution >= 4 is 40.3 Å². The van der Waals surface area contributed by atoms with Crippen LogP contribution in [0.15, 0.2) is 30.5 Å². The molecule has 0 saturated heterocycles. The Hall–Kier alpha value is -2.42. The zero-order chi connectivity index (χ0) is 19.6. The van der Waals surface area contributed by atoms with Gasteiger partial charge < -0.3 is 20.8 Å². The zero-order valence-corrected chi connectivity index (χ0v) is 16.2. The minimum Gasteiger partial charge on any atom is -0.395 e. The second-order valence-electron chi connectivity index (χ2n) is 6.84. The summed E-state index contributed by atoms with van der Waals surface area (Å²) < 4.78 is 1.76. The molecule has 0 spiro atoms. The van der Waals surface area contributed by atoms with Gasteiger partial charge in [0, 0.05) is 0 Å². The molecule has 1 aromatic carbocycles. The van der Waals surface area contributed by atoms with E-state index in [-0.39, 0.29) is 12.6 Å². The summed E-state index contributed by atoms with van der Waals surface area (Å²) in [7, 11) is 0. The van der Waals surface area contributed by atoms with Crippen LogP contribution in [0.3, 0.4) is 0 Å². The highest BCUT2D eigenvalue weighted by Gasteiger charge is 2.23. The first-order valence-corrected chi connectivity index (χ1v) is 9.02. The monoisotopic (exact) mass is 390 g/mol. The Morgan fingerprint density at radius 3 is 2.67 bits per heavy atom. The van der Waals surface area contributed by atoms with Gasteiger partial charge in [-0.05, 0) is 32.9 Å². The van der Waals surface area contributed by atoms with Crippen LogP contribution >= 0.6 is 11.6 Å². The number of anilines is 3. The lowest BCUT2D eigenvalue weighted by atomic mass is 10.0. The van der Waals surface area contributed by atoms with Gasteiger partial charge in [-0.15, -0.1) is 0 Å². The van der Waals surface area contributed by atoms with E-state index in [1.807, 2.05) is 25.1 Å². The molecule has 0 amide bonds. The molecule has 0 unspecified atom stereocenters. The van der Waals surface area contributed by atoms with Crippen LogP contribution in [0.4, 0.5) is 17.6 Å². The van der Waals surface area contributed by atoms with E-state index < -0.39 is 5.60 Å². The molecule has 2 aromatic heterocycles. The number of rotatable bonds is 7. The van der Waals surface area contributed by atoms with E-state index in [9.17, 15) is 10.2 Å². The molecule has 0 radical (unpaired) electrons. The number of halogens is 1. The highest BCUT2D eigenvalue weighted by molar-refractivity contribution is 6.33. The second-order valence-corrected chi connectivity index (χ2v) is 7.24. The molecule has 1 atom stereocenters. The quantitative estimate of drug-likeness (QED) is 0.491. The topological polar surface area (TPSA) is 108 Å². The number of aromatic nitrogens is 4. The molecule has 3 rings (SSSR count). The number of aliphatic hydroxyl groups excluding tert-OH is 1. The number of nitrogens with zero attached hydrogens (tertiary/aromatic N) is 4. The fraction of sp³-hybridized carbons (Fsp3) is 0.389. The molecular formula is C18H23ClN6O2. The van der Waals surface area contributed by atoms with Crippen LogP contribution in [0.5, 0.6) is 0 Å². The number of hydrogen-bond acceptors (Lipinski definition) is 7. The first kappa shape index (κ1) is 19.3. The van der Waals surface area contributed by atoms with Crippen molar-refractivity contribution in [2.45, 2.75) is 39.0 Å². The van der Waals surface area contributed by atoms with E-state index in [1.54, 1.807) is 30.7 Å². The van der Waals surface area contributed by atoms with Gasteiger partial charge in [0.1, 0.15) is 5.52 Å². The van der Waals surface area contributed by atoms with Crippen LogP contribution in [-0.4, -0.2) is 48.0 Å². The normalized spacial score (nSPS) is 13.0. The smallest absolute Gasteiger partial charge is 0.225 e. The maximum atomic E-state index is 10.1. The van der Waals surface area contributed by atoms with Crippen molar-refractivity contribution in [3.63, 3.8) is 0 Å². The number of para-hydroxylation sites is 1. The molecular weight excluding hydrogens is 368 g/mol. The Balaban J connectivity index is 1.98. The molecule has 0 aliphatic carbocycles. The standard InChI is InChI=1S/C18H23ClN6O2/c1-11(18(2,3)27)21-16-20-10-14-15(24-16)25(8-9-26)17(23-14)22-13-7-5-4-6-12(13)19/h4-7,10-11,26-27H,8-9H2,1-3H3,(H,22,23)(H,20,21,24)/t11-/m0/s1. The summed E-state index contributed by atoms with van der Waals surface area (Å²) in [6, 6.07) is 7.08. The average molecular weight is 391 g/mol. The molecule has 8 nitrogen and oxygen atoms in total. The van der Waals surface area contributed by atoms with Crippen molar-refractivity contribution < 1.29 is 10.2 Å². The van der Waals surface area contributed by atoms with Gasteiger partial charge in [0.25, 0.3) is 0 Å². The first-order valence-electron chi connectivity index (χ1n) is 8.64.